The molecule has 0 aliphatic heterocycles. The van der Waals surface area contributed by atoms with Crippen LogP contribution in [0.15, 0.2) is 30.5 Å². The molecule has 1 heterocycles. The number of thiazole rings is 1. The van der Waals surface area contributed by atoms with Gasteiger partial charge in [-0.3, -0.25) is 4.90 Å². The molecule has 2 N–H and O–H groups in total. The van der Waals surface area contributed by atoms with Crippen LogP contribution in [0.4, 0.5) is 9.52 Å². The molecule has 0 fully saturated rings. The van der Waals surface area contributed by atoms with Gasteiger partial charge >= 0.3 is 0 Å². The summed E-state index contributed by atoms with van der Waals surface area (Å²) < 4.78 is 12.9. The van der Waals surface area contributed by atoms with Gasteiger partial charge in [-0.1, -0.05) is 12.1 Å². The molecule has 0 saturated heterocycles. The third-order valence-electron chi connectivity index (χ3n) is 2.96. The predicted octanol–water partition coefficient (Wildman–Crippen LogP) is 3.28. The fourth-order valence-electron chi connectivity index (χ4n) is 1.84. The molecule has 0 aliphatic rings. The summed E-state index contributed by atoms with van der Waals surface area (Å²) in [4.78, 5) is 7.52. The van der Waals surface area contributed by atoms with Gasteiger partial charge < -0.3 is 5.73 Å². The fourth-order valence-corrected chi connectivity index (χ4v) is 2.55. The van der Waals surface area contributed by atoms with Crippen LogP contribution in [0.3, 0.4) is 0 Å². The van der Waals surface area contributed by atoms with E-state index < -0.39 is 0 Å². The molecule has 0 aliphatic carbocycles. The lowest BCUT2D eigenvalue weighted by Crippen LogP contribution is -2.29. The molecule has 19 heavy (non-hydrogen) atoms. The average molecular weight is 279 g/mol. The molecule has 0 bridgehead atoms. The maximum absolute atomic E-state index is 12.9. The van der Waals surface area contributed by atoms with E-state index >= 15 is 0 Å². The SMILES string of the molecule is CC(C)N(Cc1ccc(F)cc1)Cc1cnc(N)s1. The van der Waals surface area contributed by atoms with E-state index in [2.05, 4.69) is 23.7 Å². The highest BCUT2D eigenvalue weighted by atomic mass is 32.1. The van der Waals surface area contributed by atoms with Crippen LogP contribution in [0.25, 0.3) is 0 Å². The average Bonchev–Trinajstić information content (AvgIpc) is 2.76. The second-order valence-corrected chi connectivity index (χ2v) is 5.94. The first kappa shape index (κ1) is 14.0. The van der Waals surface area contributed by atoms with Gasteiger partial charge in [-0.25, -0.2) is 9.37 Å². The van der Waals surface area contributed by atoms with Crippen LogP contribution < -0.4 is 5.73 Å². The zero-order valence-electron chi connectivity index (χ0n) is 11.1. The largest absolute Gasteiger partial charge is 0.375 e. The Labute approximate surface area is 116 Å². The summed E-state index contributed by atoms with van der Waals surface area (Å²) in [6, 6.07) is 7.04. The van der Waals surface area contributed by atoms with Crippen molar-refractivity contribution in [1.29, 1.82) is 0 Å². The fraction of sp³-hybridized carbons (Fsp3) is 0.357. The first-order valence-electron chi connectivity index (χ1n) is 6.23. The number of hydrogen-bond donors (Lipinski definition) is 1. The summed E-state index contributed by atoms with van der Waals surface area (Å²) in [5.41, 5.74) is 6.75. The van der Waals surface area contributed by atoms with Gasteiger partial charge in [0.15, 0.2) is 5.13 Å². The number of aromatic nitrogens is 1. The van der Waals surface area contributed by atoms with Crippen molar-refractivity contribution in [3.8, 4) is 0 Å². The minimum Gasteiger partial charge on any atom is -0.375 e. The third kappa shape index (κ3) is 4.01. The molecule has 1 aromatic carbocycles. The monoisotopic (exact) mass is 279 g/mol. The van der Waals surface area contributed by atoms with Crippen LogP contribution in [-0.4, -0.2) is 15.9 Å². The molecule has 102 valence electrons. The molecule has 0 spiro atoms. The van der Waals surface area contributed by atoms with Crippen molar-refractivity contribution in [2.24, 2.45) is 0 Å². The summed E-state index contributed by atoms with van der Waals surface area (Å²) in [6.45, 7) is 5.89. The lowest BCUT2D eigenvalue weighted by atomic mass is 10.2. The topological polar surface area (TPSA) is 42.2 Å². The molecule has 0 saturated carbocycles. The minimum absolute atomic E-state index is 0.199. The molecule has 1 aromatic heterocycles. The van der Waals surface area contributed by atoms with Crippen LogP contribution >= 0.6 is 11.3 Å². The van der Waals surface area contributed by atoms with Crippen LogP contribution in [0.5, 0.6) is 0 Å². The number of nitrogen functional groups attached to an aromatic ring is 1. The number of nitrogens with two attached hydrogens (primary N) is 1. The second kappa shape index (κ2) is 6.12. The number of rotatable bonds is 5. The summed E-state index contributed by atoms with van der Waals surface area (Å²) in [6.07, 6.45) is 1.82. The summed E-state index contributed by atoms with van der Waals surface area (Å²) in [5.74, 6) is -0.199. The van der Waals surface area contributed by atoms with E-state index in [1.165, 1.54) is 23.5 Å². The maximum atomic E-state index is 12.9. The first-order chi connectivity index (χ1) is 9.04. The Morgan fingerprint density at radius 3 is 2.47 bits per heavy atom. The number of halogens is 1. The highest BCUT2D eigenvalue weighted by Crippen LogP contribution is 2.19. The van der Waals surface area contributed by atoms with E-state index in [-0.39, 0.29) is 5.82 Å². The van der Waals surface area contributed by atoms with Crippen molar-refractivity contribution in [1.82, 2.24) is 9.88 Å². The molecule has 3 nitrogen and oxygen atoms in total. The van der Waals surface area contributed by atoms with Crippen molar-refractivity contribution >= 4 is 16.5 Å². The lowest BCUT2D eigenvalue weighted by molar-refractivity contribution is 0.205. The number of hydrogen-bond acceptors (Lipinski definition) is 4. The first-order valence-corrected chi connectivity index (χ1v) is 7.05. The standard InChI is InChI=1S/C14H18FN3S/c1-10(2)18(9-13-7-17-14(16)19-13)8-11-3-5-12(15)6-4-11/h3-7,10H,8-9H2,1-2H3,(H2,16,17). The van der Waals surface area contributed by atoms with Gasteiger partial charge in [0.25, 0.3) is 0 Å². The third-order valence-corrected chi connectivity index (χ3v) is 3.77. The van der Waals surface area contributed by atoms with Crippen LogP contribution in [0.1, 0.15) is 24.3 Å². The second-order valence-electron chi connectivity index (χ2n) is 4.79. The quantitative estimate of drug-likeness (QED) is 0.913. The summed E-state index contributed by atoms with van der Waals surface area (Å²) >= 11 is 1.51. The highest BCUT2D eigenvalue weighted by Gasteiger charge is 2.12. The van der Waals surface area contributed by atoms with E-state index in [4.69, 9.17) is 5.73 Å². The van der Waals surface area contributed by atoms with Crippen LogP contribution in [0, 0.1) is 5.82 Å². The van der Waals surface area contributed by atoms with Crippen molar-refractivity contribution < 1.29 is 4.39 Å². The van der Waals surface area contributed by atoms with E-state index in [9.17, 15) is 4.39 Å². The Kier molecular flexibility index (Phi) is 4.50. The van der Waals surface area contributed by atoms with Gasteiger partial charge in [-0.15, -0.1) is 11.3 Å². The van der Waals surface area contributed by atoms with Crippen LogP contribution in [0.2, 0.25) is 0 Å². The van der Waals surface area contributed by atoms with Gasteiger partial charge in [0, 0.05) is 30.2 Å². The van der Waals surface area contributed by atoms with Gasteiger partial charge in [-0.2, -0.15) is 0 Å². The zero-order valence-corrected chi connectivity index (χ0v) is 12.0. The number of benzene rings is 1. The van der Waals surface area contributed by atoms with Crippen molar-refractivity contribution in [2.45, 2.75) is 33.0 Å². The summed E-state index contributed by atoms with van der Waals surface area (Å²) in [7, 11) is 0. The molecule has 5 heteroatoms. The molecule has 0 atom stereocenters. The van der Waals surface area contributed by atoms with Crippen LogP contribution in [-0.2, 0) is 13.1 Å². The highest BCUT2D eigenvalue weighted by molar-refractivity contribution is 7.15. The Balaban J connectivity index is 2.06. The predicted molar refractivity (Wildman–Crippen MR) is 77.3 cm³/mol. The molecular formula is C14H18FN3S. The van der Waals surface area contributed by atoms with E-state index in [0.717, 1.165) is 23.5 Å². The Morgan fingerprint density at radius 1 is 1.26 bits per heavy atom. The summed E-state index contributed by atoms with van der Waals surface area (Å²) in [5, 5.41) is 0.598. The Morgan fingerprint density at radius 2 is 1.95 bits per heavy atom. The smallest absolute Gasteiger partial charge is 0.180 e. The normalized spacial score (nSPS) is 11.4. The molecule has 0 unspecified atom stereocenters. The van der Waals surface area contributed by atoms with E-state index in [0.29, 0.717) is 11.2 Å². The minimum atomic E-state index is -0.199. The Hall–Kier alpha value is -1.46. The van der Waals surface area contributed by atoms with Crippen molar-refractivity contribution in [3.63, 3.8) is 0 Å². The van der Waals surface area contributed by atoms with Gasteiger partial charge in [0.05, 0.1) is 0 Å². The Bertz CT molecular complexity index is 522. The molecule has 0 radical (unpaired) electrons. The van der Waals surface area contributed by atoms with E-state index in [1.807, 2.05) is 18.3 Å². The molecular weight excluding hydrogens is 261 g/mol. The van der Waals surface area contributed by atoms with Crippen molar-refractivity contribution in [3.05, 3.63) is 46.7 Å². The van der Waals surface area contributed by atoms with E-state index in [1.54, 1.807) is 0 Å². The van der Waals surface area contributed by atoms with Crippen molar-refractivity contribution in [2.75, 3.05) is 5.73 Å². The van der Waals surface area contributed by atoms with Gasteiger partial charge in [-0.05, 0) is 31.5 Å². The molecule has 2 rings (SSSR count). The number of nitrogens with zero attached hydrogens (tertiary/aromatic N) is 2. The number of anilines is 1. The maximum Gasteiger partial charge on any atom is 0.180 e. The molecule has 2 aromatic rings. The zero-order chi connectivity index (χ0) is 13.8. The lowest BCUT2D eigenvalue weighted by Gasteiger charge is -2.25. The molecule has 0 amide bonds. The van der Waals surface area contributed by atoms with Gasteiger partial charge in [0.1, 0.15) is 5.82 Å². The van der Waals surface area contributed by atoms with Gasteiger partial charge in [0.2, 0.25) is 0 Å².